The molecule has 1 rings (SSSR count). The smallest absolute Gasteiger partial charge is 0.306 e. The fraction of sp³-hybridized carbons (Fsp3) is 0.959. The van der Waals surface area contributed by atoms with Crippen molar-refractivity contribution in [3.05, 3.63) is 0 Å². The second-order valence-corrected chi connectivity index (χ2v) is 19.6. The third-order valence-corrected chi connectivity index (χ3v) is 14.5. The van der Waals surface area contributed by atoms with E-state index < -0.39 is 0 Å². The van der Waals surface area contributed by atoms with E-state index in [1.165, 1.54) is 135 Å². The number of hydrogen-bond donors (Lipinski definition) is 1. The van der Waals surface area contributed by atoms with Crippen LogP contribution in [0.1, 0.15) is 233 Å². The van der Waals surface area contributed by atoms with Gasteiger partial charge in [-0.25, -0.2) is 0 Å². The molecule has 0 amide bonds. The number of rotatable bonds is 42. The van der Waals surface area contributed by atoms with Gasteiger partial charge in [-0.3, -0.25) is 9.59 Å². The number of unbranched alkanes of at least 4 members (excludes halogenated alkanes) is 14. The summed E-state index contributed by atoms with van der Waals surface area (Å²) in [5.41, 5.74) is 0. The first-order valence-electron chi connectivity index (χ1n) is 24.9. The topological polar surface area (TPSA) is 76.1 Å². The molecule has 0 radical (unpaired) electrons. The molecular weight excluding hydrogens is 747 g/mol. The zero-order chi connectivity index (χ0) is 41.4. The van der Waals surface area contributed by atoms with Crippen LogP contribution in [0.5, 0.6) is 0 Å². The molecule has 3 atom stereocenters. The van der Waals surface area contributed by atoms with E-state index in [4.69, 9.17) is 9.47 Å². The molecule has 338 valence electrons. The van der Waals surface area contributed by atoms with E-state index in [2.05, 4.69) is 32.6 Å². The van der Waals surface area contributed by atoms with Gasteiger partial charge in [0.2, 0.25) is 0 Å². The lowest BCUT2D eigenvalue weighted by Crippen LogP contribution is -2.36. The second kappa shape index (κ2) is 40.9. The van der Waals surface area contributed by atoms with Gasteiger partial charge in [0.15, 0.2) is 0 Å². The average Bonchev–Trinajstić information content (AvgIpc) is 3.22. The SMILES string of the molecule is CCCCCCC(=O)OC(CCCCCC)CSCCCCCC(CCCCCSCC(CCCCCC)OC(=O)CCC1CCCCC1)N(CC)CCCCO. The van der Waals surface area contributed by atoms with Crippen molar-refractivity contribution in [3.8, 4) is 0 Å². The van der Waals surface area contributed by atoms with Crippen molar-refractivity contribution in [2.75, 3.05) is 42.7 Å². The van der Waals surface area contributed by atoms with Crippen LogP contribution in [0.25, 0.3) is 0 Å². The van der Waals surface area contributed by atoms with Crippen molar-refractivity contribution >= 4 is 35.5 Å². The van der Waals surface area contributed by atoms with E-state index in [1.807, 2.05) is 23.5 Å². The molecule has 8 heteroatoms. The summed E-state index contributed by atoms with van der Waals surface area (Å²) < 4.78 is 12.1. The van der Waals surface area contributed by atoms with E-state index in [-0.39, 0.29) is 30.8 Å². The number of hydrogen-bond acceptors (Lipinski definition) is 8. The van der Waals surface area contributed by atoms with Gasteiger partial charge in [0.05, 0.1) is 0 Å². The van der Waals surface area contributed by atoms with Gasteiger partial charge in [0.1, 0.15) is 12.2 Å². The molecular formula is C49H95NO5S2. The van der Waals surface area contributed by atoms with Crippen LogP contribution in [-0.2, 0) is 19.1 Å². The molecule has 1 aliphatic rings. The van der Waals surface area contributed by atoms with Gasteiger partial charge in [-0.2, -0.15) is 23.5 Å². The van der Waals surface area contributed by atoms with Crippen LogP contribution in [0.2, 0.25) is 0 Å². The molecule has 1 fully saturated rings. The molecule has 0 spiro atoms. The lowest BCUT2D eigenvalue weighted by molar-refractivity contribution is -0.149. The molecule has 57 heavy (non-hydrogen) atoms. The molecule has 3 unspecified atom stereocenters. The Labute approximate surface area is 363 Å². The average molecular weight is 842 g/mol. The van der Waals surface area contributed by atoms with Gasteiger partial charge in [-0.15, -0.1) is 0 Å². The van der Waals surface area contributed by atoms with Gasteiger partial charge >= 0.3 is 11.9 Å². The van der Waals surface area contributed by atoms with Gasteiger partial charge in [0.25, 0.3) is 0 Å². The Hall–Kier alpha value is -0.440. The third-order valence-electron chi connectivity index (χ3n) is 12.1. The van der Waals surface area contributed by atoms with E-state index in [0.717, 1.165) is 99.8 Å². The van der Waals surface area contributed by atoms with Crippen molar-refractivity contribution in [1.82, 2.24) is 4.90 Å². The Morgan fingerprint density at radius 1 is 0.579 bits per heavy atom. The molecule has 0 saturated heterocycles. The minimum Gasteiger partial charge on any atom is -0.461 e. The Kier molecular flexibility index (Phi) is 39.2. The first-order valence-corrected chi connectivity index (χ1v) is 27.2. The highest BCUT2D eigenvalue weighted by Gasteiger charge is 2.20. The lowest BCUT2D eigenvalue weighted by Gasteiger charge is -2.31. The summed E-state index contributed by atoms with van der Waals surface area (Å²) >= 11 is 3.98. The maximum Gasteiger partial charge on any atom is 0.306 e. The van der Waals surface area contributed by atoms with E-state index >= 15 is 0 Å². The summed E-state index contributed by atoms with van der Waals surface area (Å²) in [5, 5.41) is 9.42. The van der Waals surface area contributed by atoms with Crippen molar-refractivity contribution in [2.24, 2.45) is 5.92 Å². The minimum absolute atomic E-state index is 0.0102. The molecule has 0 aromatic heterocycles. The summed E-state index contributed by atoms with van der Waals surface area (Å²) in [5.74, 6) is 4.97. The van der Waals surface area contributed by atoms with Crippen LogP contribution in [0.3, 0.4) is 0 Å². The van der Waals surface area contributed by atoms with Gasteiger partial charge < -0.3 is 19.5 Å². The van der Waals surface area contributed by atoms with Crippen molar-refractivity contribution in [1.29, 1.82) is 0 Å². The number of nitrogens with zero attached hydrogens (tertiary/aromatic N) is 1. The molecule has 1 aliphatic carbocycles. The highest BCUT2D eigenvalue weighted by molar-refractivity contribution is 7.99. The van der Waals surface area contributed by atoms with Gasteiger partial charge in [0, 0.05) is 37.0 Å². The van der Waals surface area contributed by atoms with E-state index in [0.29, 0.717) is 18.9 Å². The summed E-state index contributed by atoms with van der Waals surface area (Å²) in [6.07, 6.45) is 37.3. The summed E-state index contributed by atoms with van der Waals surface area (Å²) in [7, 11) is 0. The van der Waals surface area contributed by atoms with E-state index in [1.54, 1.807) is 0 Å². The molecule has 0 bridgehead atoms. The van der Waals surface area contributed by atoms with Crippen LogP contribution in [0, 0.1) is 5.92 Å². The maximum absolute atomic E-state index is 12.8. The van der Waals surface area contributed by atoms with Gasteiger partial charge in [-0.1, -0.05) is 143 Å². The summed E-state index contributed by atoms with van der Waals surface area (Å²) in [6.45, 7) is 11.5. The van der Waals surface area contributed by atoms with Crippen LogP contribution in [0.4, 0.5) is 0 Å². The van der Waals surface area contributed by atoms with Crippen LogP contribution >= 0.6 is 23.5 Å². The largest absolute Gasteiger partial charge is 0.461 e. The molecule has 1 N–H and O–H groups in total. The minimum atomic E-state index is 0.0102. The third kappa shape index (κ3) is 32.9. The zero-order valence-corrected chi connectivity index (χ0v) is 39.9. The van der Waals surface area contributed by atoms with Crippen LogP contribution < -0.4 is 0 Å². The molecule has 0 aromatic rings. The Balaban J connectivity index is 2.46. The first kappa shape index (κ1) is 54.6. The van der Waals surface area contributed by atoms with Crippen molar-refractivity contribution < 1.29 is 24.2 Å². The normalized spacial score (nSPS) is 15.2. The summed E-state index contributed by atoms with van der Waals surface area (Å²) in [4.78, 5) is 28.0. The number of aliphatic hydroxyl groups is 1. The maximum atomic E-state index is 12.8. The Morgan fingerprint density at radius 2 is 1.07 bits per heavy atom. The molecule has 0 heterocycles. The second-order valence-electron chi connectivity index (χ2n) is 17.3. The Bertz CT molecular complexity index is 888. The fourth-order valence-electron chi connectivity index (χ4n) is 8.42. The predicted octanol–water partition coefficient (Wildman–Crippen LogP) is 14.1. The number of carbonyl (C=O) groups excluding carboxylic acids is 2. The van der Waals surface area contributed by atoms with E-state index in [9.17, 15) is 14.7 Å². The molecule has 1 saturated carbocycles. The molecule has 0 aliphatic heterocycles. The fourth-order valence-corrected chi connectivity index (χ4v) is 10.6. The number of thioether (sulfide) groups is 2. The quantitative estimate of drug-likeness (QED) is 0.0481. The number of aliphatic hydroxyl groups excluding tert-OH is 1. The van der Waals surface area contributed by atoms with Gasteiger partial charge in [-0.05, 0) is 108 Å². The van der Waals surface area contributed by atoms with Crippen molar-refractivity contribution in [2.45, 2.75) is 251 Å². The summed E-state index contributed by atoms with van der Waals surface area (Å²) in [6, 6.07) is 0.624. The molecule has 6 nitrogen and oxygen atoms in total. The molecule has 0 aromatic carbocycles. The monoisotopic (exact) mass is 842 g/mol. The van der Waals surface area contributed by atoms with Crippen molar-refractivity contribution in [3.63, 3.8) is 0 Å². The predicted molar refractivity (Wildman–Crippen MR) is 251 cm³/mol. The van der Waals surface area contributed by atoms with Crippen LogP contribution in [-0.4, -0.2) is 82.9 Å². The lowest BCUT2D eigenvalue weighted by atomic mass is 9.86. The van der Waals surface area contributed by atoms with Crippen LogP contribution in [0.15, 0.2) is 0 Å². The number of esters is 2. The highest BCUT2D eigenvalue weighted by atomic mass is 32.2. The standard InChI is InChI=1S/C49H95NO5S2/c1-5-9-12-22-33-46(54-48(52)35-24-14-11-7-3)42-56-40-27-16-20-31-45(50(8-4)38-25-26-39-51)32-21-17-28-41-57-43-47(34-23-13-10-6-2)55-49(53)37-36-44-29-18-15-19-30-44/h44-47,51H,5-43H2,1-4H3. The first-order chi connectivity index (χ1) is 28.0. The highest BCUT2D eigenvalue weighted by Crippen LogP contribution is 2.28. The Morgan fingerprint density at radius 3 is 1.58 bits per heavy atom. The zero-order valence-electron chi connectivity index (χ0n) is 38.2. The number of ether oxygens (including phenoxy) is 2. The number of carbonyl (C=O) groups is 2.